The SMILES string of the molecule is O=C(NC1CCN(c2cc(-c3ccccc3)[nH]n2)C1)c1cc(Cl)ccc1F. The molecular formula is C20H18ClFN4O. The number of hydrogen-bond donors (Lipinski definition) is 2. The summed E-state index contributed by atoms with van der Waals surface area (Å²) in [7, 11) is 0. The van der Waals surface area contributed by atoms with Crippen LogP contribution in [0.1, 0.15) is 16.8 Å². The number of anilines is 1. The Morgan fingerprint density at radius 2 is 2.04 bits per heavy atom. The van der Waals surface area contributed by atoms with Gasteiger partial charge in [-0.3, -0.25) is 9.89 Å². The first-order valence-corrected chi connectivity index (χ1v) is 9.09. The van der Waals surface area contributed by atoms with Gasteiger partial charge < -0.3 is 10.2 Å². The van der Waals surface area contributed by atoms with E-state index in [1.54, 1.807) is 0 Å². The van der Waals surface area contributed by atoms with Gasteiger partial charge in [-0.25, -0.2) is 4.39 Å². The molecule has 1 amide bonds. The summed E-state index contributed by atoms with van der Waals surface area (Å²) in [5.41, 5.74) is 1.97. The summed E-state index contributed by atoms with van der Waals surface area (Å²) in [6, 6.07) is 15.9. The Bertz CT molecular complexity index is 960. The van der Waals surface area contributed by atoms with Crippen LogP contribution < -0.4 is 10.2 Å². The Kier molecular flexibility index (Phi) is 4.81. The molecule has 27 heavy (non-hydrogen) atoms. The van der Waals surface area contributed by atoms with Gasteiger partial charge in [0.05, 0.1) is 11.3 Å². The molecule has 2 N–H and O–H groups in total. The van der Waals surface area contributed by atoms with E-state index in [0.29, 0.717) is 11.6 Å². The first-order valence-electron chi connectivity index (χ1n) is 8.72. The number of halogens is 2. The molecule has 1 unspecified atom stereocenters. The van der Waals surface area contributed by atoms with E-state index in [4.69, 9.17) is 11.6 Å². The molecule has 0 radical (unpaired) electrons. The van der Waals surface area contributed by atoms with Gasteiger partial charge in [-0.15, -0.1) is 0 Å². The molecule has 1 aromatic heterocycles. The summed E-state index contributed by atoms with van der Waals surface area (Å²) in [5, 5.41) is 10.7. The Hall–Kier alpha value is -2.86. The van der Waals surface area contributed by atoms with Crippen molar-refractivity contribution < 1.29 is 9.18 Å². The maximum atomic E-state index is 13.9. The number of rotatable bonds is 4. The largest absolute Gasteiger partial charge is 0.353 e. The third kappa shape index (κ3) is 3.80. The molecule has 2 heterocycles. The molecule has 1 saturated heterocycles. The van der Waals surface area contributed by atoms with E-state index >= 15 is 0 Å². The average molecular weight is 385 g/mol. The van der Waals surface area contributed by atoms with Crippen LogP contribution >= 0.6 is 11.6 Å². The second kappa shape index (κ2) is 7.40. The summed E-state index contributed by atoms with van der Waals surface area (Å²) in [6.45, 7) is 1.38. The summed E-state index contributed by atoms with van der Waals surface area (Å²) >= 11 is 5.87. The fraction of sp³-hybridized carbons (Fsp3) is 0.200. The second-order valence-corrected chi connectivity index (χ2v) is 6.97. The molecule has 138 valence electrons. The number of carbonyl (C=O) groups is 1. The van der Waals surface area contributed by atoms with Crippen molar-refractivity contribution in [2.45, 2.75) is 12.5 Å². The summed E-state index contributed by atoms with van der Waals surface area (Å²) in [5.74, 6) is -0.194. The topological polar surface area (TPSA) is 61.0 Å². The third-order valence-electron chi connectivity index (χ3n) is 4.67. The van der Waals surface area contributed by atoms with Crippen LogP contribution in [-0.4, -0.2) is 35.2 Å². The molecule has 0 bridgehead atoms. The van der Waals surface area contributed by atoms with E-state index in [-0.39, 0.29) is 11.6 Å². The Morgan fingerprint density at radius 1 is 1.22 bits per heavy atom. The molecule has 3 aromatic rings. The number of benzene rings is 2. The highest BCUT2D eigenvalue weighted by Crippen LogP contribution is 2.24. The molecule has 1 aliphatic rings. The van der Waals surface area contributed by atoms with E-state index in [0.717, 1.165) is 30.0 Å². The quantitative estimate of drug-likeness (QED) is 0.717. The maximum absolute atomic E-state index is 13.9. The van der Waals surface area contributed by atoms with E-state index in [1.165, 1.54) is 18.2 Å². The van der Waals surface area contributed by atoms with Crippen LogP contribution in [0, 0.1) is 5.82 Å². The predicted octanol–water partition coefficient (Wildman–Crippen LogP) is 3.88. The van der Waals surface area contributed by atoms with E-state index in [2.05, 4.69) is 20.4 Å². The first-order chi connectivity index (χ1) is 13.1. The van der Waals surface area contributed by atoms with Gasteiger partial charge in [-0.1, -0.05) is 41.9 Å². The van der Waals surface area contributed by atoms with Crippen LogP contribution in [0.25, 0.3) is 11.3 Å². The molecule has 4 rings (SSSR count). The predicted molar refractivity (Wildman–Crippen MR) is 104 cm³/mol. The van der Waals surface area contributed by atoms with Gasteiger partial charge in [0.25, 0.3) is 5.91 Å². The first kappa shape index (κ1) is 17.5. The minimum Gasteiger partial charge on any atom is -0.353 e. The van der Waals surface area contributed by atoms with Crippen molar-refractivity contribution in [3.05, 3.63) is 71.0 Å². The van der Waals surface area contributed by atoms with E-state index < -0.39 is 11.7 Å². The summed E-state index contributed by atoms with van der Waals surface area (Å²) < 4.78 is 13.9. The maximum Gasteiger partial charge on any atom is 0.254 e. The average Bonchev–Trinajstić information content (AvgIpc) is 3.34. The second-order valence-electron chi connectivity index (χ2n) is 6.54. The number of H-pyrrole nitrogens is 1. The smallest absolute Gasteiger partial charge is 0.254 e. The molecule has 2 aromatic carbocycles. The zero-order chi connectivity index (χ0) is 18.8. The van der Waals surface area contributed by atoms with Crippen molar-refractivity contribution in [2.75, 3.05) is 18.0 Å². The van der Waals surface area contributed by atoms with Crippen molar-refractivity contribution in [1.82, 2.24) is 15.5 Å². The standard InChI is InChI=1S/C20H18ClFN4O/c21-14-6-7-17(22)16(10-14)20(27)23-15-8-9-26(12-15)19-11-18(24-25-19)13-4-2-1-3-5-13/h1-7,10-11,15H,8-9,12H2,(H,23,27)(H,24,25). The minimum atomic E-state index is -0.577. The number of aromatic amines is 1. The summed E-state index contributed by atoms with van der Waals surface area (Å²) in [6.07, 6.45) is 0.765. The lowest BCUT2D eigenvalue weighted by Crippen LogP contribution is -2.37. The van der Waals surface area contributed by atoms with Crippen molar-refractivity contribution in [3.63, 3.8) is 0 Å². The lowest BCUT2D eigenvalue weighted by molar-refractivity contribution is 0.0936. The van der Waals surface area contributed by atoms with Crippen molar-refractivity contribution >= 4 is 23.3 Å². The molecule has 0 spiro atoms. The fourth-order valence-electron chi connectivity index (χ4n) is 3.26. The van der Waals surface area contributed by atoms with Crippen LogP contribution in [-0.2, 0) is 0 Å². The summed E-state index contributed by atoms with van der Waals surface area (Å²) in [4.78, 5) is 14.5. The van der Waals surface area contributed by atoms with Gasteiger partial charge in [-0.2, -0.15) is 5.10 Å². The van der Waals surface area contributed by atoms with Crippen LogP contribution in [0.4, 0.5) is 10.2 Å². The van der Waals surface area contributed by atoms with Crippen molar-refractivity contribution in [2.24, 2.45) is 0 Å². The molecule has 1 fully saturated rings. The number of aromatic nitrogens is 2. The van der Waals surface area contributed by atoms with Crippen molar-refractivity contribution in [3.8, 4) is 11.3 Å². The van der Waals surface area contributed by atoms with Gasteiger partial charge in [0.1, 0.15) is 5.82 Å². The number of nitrogens with one attached hydrogen (secondary N) is 2. The van der Waals surface area contributed by atoms with Crippen LogP contribution in [0.2, 0.25) is 5.02 Å². The monoisotopic (exact) mass is 384 g/mol. The number of hydrogen-bond acceptors (Lipinski definition) is 3. The highest BCUT2D eigenvalue weighted by Gasteiger charge is 2.26. The molecule has 7 heteroatoms. The van der Waals surface area contributed by atoms with Crippen molar-refractivity contribution in [1.29, 1.82) is 0 Å². The van der Waals surface area contributed by atoms with Gasteiger partial charge in [0.15, 0.2) is 5.82 Å². The van der Waals surface area contributed by atoms with Crippen LogP contribution in [0.3, 0.4) is 0 Å². The van der Waals surface area contributed by atoms with Crippen LogP contribution in [0.5, 0.6) is 0 Å². The third-order valence-corrected chi connectivity index (χ3v) is 4.90. The number of nitrogens with zero attached hydrogens (tertiary/aromatic N) is 2. The van der Waals surface area contributed by atoms with Gasteiger partial charge in [-0.05, 0) is 30.2 Å². The highest BCUT2D eigenvalue weighted by molar-refractivity contribution is 6.31. The number of amides is 1. The zero-order valence-corrected chi connectivity index (χ0v) is 15.2. The van der Waals surface area contributed by atoms with Crippen LogP contribution in [0.15, 0.2) is 54.6 Å². The van der Waals surface area contributed by atoms with E-state index in [1.807, 2.05) is 36.4 Å². The molecule has 0 aliphatic carbocycles. The lowest BCUT2D eigenvalue weighted by Gasteiger charge is -2.16. The lowest BCUT2D eigenvalue weighted by atomic mass is 10.1. The molecule has 0 saturated carbocycles. The van der Waals surface area contributed by atoms with E-state index in [9.17, 15) is 9.18 Å². The minimum absolute atomic E-state index is 0.0351. The molecule has 1 atom stereocenters. The normalized spacial score (nSPS) is 16.5. The molecular weight excluding hydrogens is 367 g/mol. The van der Waals surface area contributed by atoms with Gasteiger partial charge in [0, 0.05) is 30.2 Å². The zero-order valence-electron chi connectivity index (χ0n) is 14.5. The Balaban J connectivity index is 1.41. The fourth-order valence-corrected chi connectivity index (χ4v) is 3.43. The number of carbonyl (C=O) groups excluding carboxylic acids is 1. The molecule has 1 aliphatic heterocycles. The van der Waals surface area contributed by atoms with Gasteiger partial charge >= 0.3 is 0 Å². The Labute approximate surface area is 161 Å². The highest BCUT2D eigenvalue weighted by atomic mass is 35.5. The van der Waals surface area contributed by atoms with Gasteiger partial charge in [0.2, 0.25) is 0 Å². The Morgan fingerprint density at radius 3 is 2.85 bits per heavy atom. The molecule has 5 nitrogen and oxygen atoms in total.